The molecule has 1 saturated carbocycles. The lowest BCUT2D eigenvalue weighted by molar-refractivity contribution is -0.119. The summed E-state index contributed by atoms with van der Waals surface area (Å²) >= 11 is 0. The molecule has 70 valence electrons. The Morgan fingerprint density at radius 2 is 2.08 bits per heavy atom. The summed E-state index contributed by atoms with van der Waals surface area (Å²) in [5, 5.41) is 2.93. The number of carbonyl (C=O) groups excluding carboxylic acids is 1. The van der Waals surface area contributed by atoms with Gasteiger partial charge in [-0.1, -0.05) is 25.7 Å². The summed E-state index contributed by atoms with van der Waals surface area (Å²) in [5.74, 6) is 0.965. The standard InChI is InChI=1S/C10H19NO/c1-8(11-9(2)12)7-10-5-3-4-6-10/h8,10H,3-7H2,1-2H3,(H,11,12). The van der Waals surface area contributed by atoms with Crippen LogP contribution in [-0.4, -0.2) is 11.9 Å². The lowest BCUT2D eigenvalue weighted by Crippen LogP contribution is -2.31. The number of rotatable bonds is 3. The maximum atomic E-state index is 10.7. The molecule has 12 heavy (non-hydrogen) atoms. The van der Waals surface area contributed by atoms with Crippen LogP contribution in [0.2, 0.25) is 0 Å². The summed E-state index contributed by atoms with van der Waals surface area (Å²) in [5.41, 5.74) is 0. The molecule has 0 heterocycles. The van der Waals surface area contributed by atoms with E-state index in [9.17, 15) is 4.79 Å². The van der Waals surface area contributed by atoms with Crippen molar-refractivity contribution in [3.05, 3.63) is 0 Å². The Bertz CT molecular complexity index is 150. The zero-order valence-corrected chi connectivity index (χ0v) is 8.10. The molecule has 1 amide bonds. The highest BCUT2D eigenvalue weighted by atomic mass is 16.1. The first-order valence-electron chi connectivity index (χ1n) is 4.95. The van der Waals surface area contributed by atoms with Crippen LogP contribution in [0.15, 0.2) is 0 Å². The quantitative estimate of drug-likeness (QED) is 0.688. The third-order valence-electron chi connectivity index (χ3n) is 2.61. The Labute approximate surface area is 74.7 Å². The zero-order valence-electron chi connectivity index (χ0n) is 8.10. The van der Waals surface area contributed by atoms with Crippen molar-refractivity contribution >= 4 is 5.91 Å². The monoisotopic (exact) mass is 169 g/mol. The highest BCUT2D eigenvalue weighted by molar-refractivity contribution is 5.73. The smallest absolute Gasteiger partial charge is 0.217 e. The largest absolute Gasteiger partial charge is 0.354 e. The van der Waals surface area contributed by atoms with E-state index in [1.54, 1.807) is 6.92 Å². The van der Waals surface area contributed by atoms with Crippen molar-refractivity contribution < 1.29 is 4.79 Å². The van der Waals surface area contributed by atoms with E-state index in [1.807, 2.05) is 0 Å². The van der Waals surface area contributed by atoms with E-state index < -0.39 is 0 Å². The molecule has 2 heteroatoms. The fourth-order valence-corrected chi connectivity index (χ4v) is 2.15. The van der Waals surface area contributed by atoms with Crippen molar-refractivity contribution in [1.29, 1.82) is 0 Å². The minimum atomic E-state index is 0.0977. The lowest BCUT2D eigenvalue weighted by atomic mass is 9.99. The number of nitrogens with one attached hydrogen (secondary N) is 1. The average Bonchev–Trinajstić information content (AvgIpc) is 2.37. The topological polar surface area (TPSA) is 29.1 Å². The molecule has 0 aromatic carbocycles. The first-order valence-corrected chi connectivity index (χ1v) is 4.95. The molecule has 0 aromatic rings. The van der Waals surface area contributed by atoms with Crippen LogP contribution in [0, 0.1) is 5.92 Å². The third kappa shape index (κ3) is 3.24. The van der Waals surface area contributed by atoms with Gasteiger partial charge in [-0.15, -0.1) is 0 Å². The van der Waals surface area contributed by atoms with E-state index >= 15 is 0 Å². The van der Waals surface area contributed by atoms with Crippen LogP contribution in [-0.2, 0) is 4.79 Å². The van der Waals surface area contributed by atoms with Crippen LogP contribution in [0.5, 0.6) is 0 Å². The summed E-state index contributed by atoms with van der Waals surface area (Å²) in [6.07, 6.45) is 6.67. The molecule has 1 aliphatic carbocycles. The van der Waals surface area contributed by atoms with Crippen molar-refractivity contribution in [2.45, 2.75) is 52.0 Å². The summed E-state index contributed by atoms with van der Waals surface area (Å²) in [6, 6.07) is 0.366. The van der Waals surface area contributed by atoms with Gasteiger partial charge in [0.1, 0.15) is 0 Å². The molecule has 1 aliphatic rings. The van der Waals surface area contributed by atoms with Gasteiger partial charge in [-0.25, -0.2) is 0 Å². The van der Waals surface area contributed by atoms with Crippen molar-refractivity contribution in [2.24, 2.45) is 5.92 Å². The van der Waals surface area contributed by atoms with Crippen molar-refractivity contribution in [3.63, 3.8) is 0 Å². The van der Waals surface area contributed by atoms with Gasteiger partial charge in [0.2, 0.25) is 5.91 Å². The molecule has 2 nitrogen and oxygen atoms in total. The molecular formula is C10H19NO. The van der Waals surface area contributed by atoms with E-state index in [-0.39, 0.29) is 5.91 Å². The highest BCUT2D eigenvalue weighted by Gasteiger charge is 2.17. The van der Waals surface area contributed by atoms with Gasteiger partial charge in [0.05, 0.1) is 0 Å². The Hall–Kier alpha value is -0.530. The van der Waals surface area contributed by atoms with Crippen LogP contribution in [0.3, 0.4) is 0 Å². The summed E-state index contributed by atoms with van der Waals surface area (Å²) in [7, 11) is 0. The summed E-state index contributed by atoms with van der Waals surface area (Å²) in [6.45, 7) is 3.69. The van der Waals surface area contributed by atoms with Crippen LogP contribution < -0.4 is 5.32 Å². The van der Waals surface area contributed by atoms with Gasteiger partial charge >= 0.3 is 0 Å². The molecule has 1 rings (SSSR count). The van der Waals surface area contributed by atoms with Crippen LogP contribution in [0.1, 0.15) is 46.0 Å². The molecule has 0 radical (unpaired) electrons. The Balaban J connectivity index is 2.16. The van der Waals surface area contributed by atoms with Crippen molar-refractivity contribution in [3.8, 4) is 0 Å². The van der Waals surface area contributed by atoms with Crippen molar-refractivity contribution in [2.75, 3.05) is 0 Å². The van der Waals surface area contributed by atoms with Crippen LogP contribution >= 0.6 is 0 Å². The van der Waals surface area contributed by atoms with Gasteiger partial charge in [0.25, 0.3) is 0 Å². The first kappa shape index (κ1) is 9.56. The lowest BCUT2D eigenvalue weighted by Gasteiger charge is -2.16. The van der Waals surface area contributed by atoms with Gasteiger partial charge in [0, 0.05) is 13.0 Å². The zero-order chi connectivity index (χ0) is 8.97. The van der Waals surface area contributed by atoms with E-state index in [1.165, 1.54) is 32.1 Å². The Kier molecular flexibility index (Phi) is 3.57. The predicted octanol–water partition coefficient (Wildman–Crippen LogP) is 2.09. The van der Waals surface area contributed by atoms with Gasteiger partial charge < -0.3 is 5.32 Å². The van der Waals surface area contributed by atoms with Gasteiger partial charge in [-0.05, 0) is 19.3 Å². The van der Waals surface area contributed by atoms with Gasteiger partial charge in [-0.2, -0.15) is 0 Å². The summed E-state index contributed by atoms with van der Waals surface area (Å²) < 4.78 is 0. The van der Waals surface area contributed by atoms with E-state index in [2.05, 4.69) is 12.2 Å². The van der Waals surface area contributed by atoms with Crippen LogP contribution in [0.4, 0.5) is 0 Å². The third-order valence-corrected chi connectivity index (χ3v) is 2.61. The SMILES string of the molecule is CC(=O)NC(C)CC1CCCC1. The Morgan fingerprint density at radius 3 is 2.58 bits per heavy atom. The fraction of sp³-hybridized carbons (Fsp3) is 0.900. The minimum Gasteiger partial charge on any atom is -0.354 e. The number of carbonyl (C=O) groups is 1. The highest BCUT2D eigenvalue weighted by Crippen LogP contribution is 2.28. The van der Waals surface area contributed by atoms with Gasteiger partial charge in [-0.3, -0.25) is 4.79 Å². The van der Waals surface area contributed by atoms with Crippen LogP contribution in [0.25, 0.3) is 0 Å². The van der Waals surface area contributed by atoms with E-state index in [0.717, 1.165) is 5.92 Å². The number of hydrogen-bond donors (Lipinski definition) is 1. The second-order valence-electron chi connectivity index (χ2n) is 3.99. The number of hydrogen-bond acceptors (Lipinski definition) is 1. The van der Waals surface area contributed by atoms with E-state index in [4.69, 9.17) is 0 Å². The molecule has 0 bridgehead atoms. The second-order valence-corrected chi connectivity index (χ2v) is 3.99. The molecule has 0 aliphatic heterocycles. The first-order chi connectivity index (χ1) is 5.68. The predicted molar refractivity (Wildman–Crippen MR) is 49.9 cm³/mol. The molecule has 1 fully saturated rings. The summed E-state index contributed by atoms with van der Waals surface area (Å²) in [4.78, 5) is 10.7. The molecular weight excluding hydrogens is 150 g/mol. The molecule has 1 N–H and O–H groups in total. The fourth-order valence-electron chi connectivity index (χ4n) is 2.15. The maximum absolute atomic E-state index is 10.7. The normalized spacial score (nSPS) is 20.8. The molecule has 0 spiro atoms. The number of amides is 1. The Morgan fingerprint density at radius 1 is 1.50 bits per heavy atom. The average molecular weight is 169 g/mol. The molecule has 1 atom stereocenters. The maximum Gasteiger partial charge on any atom is 0.217 e. The molecule has 0 aromatic heterocycles. The van der Waals surface area contributed by atoms with E-state index in [0.29, 0.717) is 6.04 Å². The van der Waals surface area contributed by atoms with Gasteiger partial charge in [0.15, 0.2) is 0 Å². The second kappa shape index (κ2) is 4.48. The molecule has 0 saturated heterocycles. The molecule has 1 unspecified atom stereocenters. The minimum absolute atomic E-state index is 0.0977. The van der Waals surface area contributed by atoms with Crippen molar-refractivity contribution in [1.82, 2.24) is 5.32 Å².